The Kier molecular flexibility index (Phi) is 10.2. The third kappa shape index (κ3) is 7.81. The van der Waals surface area contributed by atoms with E-state index in [9.17, 15) is 27.6 Å². The summed E-state index contributed by atoms with van der Waals surface area (Å²) in [7, 11) is 0. The third-order valence-electron chi connectivity index (χ3n) is 8.06. The van der Waals surface area contributed by atoms with E-state index in [2.05, 4.69) is 35.5 Å². The van der Waals surface area contributed by atoms with Gasteiger partial charge in [-0.25, -0.2) is 14.5 Å². The molecule has 12 nitrogen and oxygen atoms in total. The molecule has 2 fully saturated rings. The van der Waals surface area contributed by atoms with Crippen molar-refractivity contribution in [3.63, 3.8) is 0 Å². The number of aromatic nitrogens is 4. The summed E-state index contributed by atoms with van der Waals surface area (Å²) < 4.78 is 44.5. The first-order valence-electron chi connectivity index (χ1n) is 15.5. The summed E-state index contributed by atoms with van der Waals surface area (Å²) in [6.45, 7) is 7.54. The molecule has 5 rings (SSSR count). The average molecular weight is 642 g/mol. The van der Waals surface area contributed by atoms with Gasteiger partial charge in [-0.15, -0.1) is 5.10 Å². The summed E-state index contributed by atoms with van der Waals surface area (Å²) in [5, 5.41) is 9.50. The van der Waals surface area contributed by atoms with Crippen LogP contribution in [0.15, 0.2) is 36.7 Å². The summed E-state index contributed by atoms with van der Waals surface area (Å²) in [6.07, 6.45) is 4.17. The highest BCUT2D eigenvalue weighted by Crippen LogP contribution is 2.38. The number of fused-ring (bicyclic) bond motifs is 1. The lowest BCUT2D eigenvalue weighted by Gasteiger charge is -2.34. The van der Waals surface area contributed by atoms with Crippen LogP contribution in [0.1, 0.15) is 50.7 Å². The second-order valence-corrected chi connectivity index (χ2v) is 11.4. The van der Waals surface area contributed by atoms with E-state index in [1.807, 2.05) is 6.07 Å². The highest BCUT2D eigenvalue weighted by molar-refractivity contribution is 5.91. The molecule has 0 unspecified atom stereocenters. The number of allylic oxidation sites excluding steroid dienone is 1. The molecule has 3 amide bonds. The molecule has 0 atom stereocenters. The highest BCUT2D eigenvalue weighted by Gasteiger charge is 2.36. The molecule has 5 heterocycles. The maximum absolute atomic E-state index is 14.3. The van der Waals surface area contributed by atoms with E-state index >= 15 is 0 Å². The van der Waals surface area contributed by atoms with Crippen LogP contribution >= 0.6 is 0 Å². The predicted molar refractivity (Wildman–Crippen MR) is 166 cm³/mol. The predicted octanol–water partition coefficient (Wildman–Crippen LogP) is 3.49. The molecule has 3 aromatic heterocycles. The first kappa shape index (κ1) is 32.9. The fraction of sp³-hybridized carbons (Fsp3) is 0.484. The van der Waals surface area contributed by atoms with Crippen LogP contribution in [0.25, 0.3) is 16.9 Å². The van der Waals surface area contributed by atoms with Crippen molar-refractivity contribution < 1.29 is 27.6 Å². The lowest BCUT2D eigenvalue weighted by molar-refractivity contribution is -0.137. The Morgan fingerprint density at radius 3 is 2.43 bits per heavy atom. The Hall–Kier alpha value is -4.53. The molecule has 0 spiro atoms. The fourth-order valence-electron chi connectivity index (χ4n) is 5.64. The number of nitrogens with one attached hydrogen (secondary N) is 2. The number of halogens is 3. The second kappa shape index (κ2) is 14.3. The minimum absolute atomic E-state index is 0.0595. The number of nitrogens with zero attached hydrogens (tertiary/aromatic N) is 7. The number of piperidine rings is 1. The van der Waals surface area contributed by atoms with Gasteiger partial charge < -0.3 is 20.4 Å². The molecule has 2 aliphatic heterocycles. The first-order chi connectivity index (χ1) is 22.0. The van der Waals surface area contributed by atoms with Crippen LogP contribution in [-0.4, -0.2) is 92.9 Å². The Bertz CT molecular complexity index is 1610. The standard InChI is InChI=1S/C31H38F3N9O3/c1-3-8-27(45)36-18-28(46)41-13-11-40(12-14-41)19-21-15-24-30(42-9-6-5-7-10-42)38-29(39-43(24)20-21)22-17-35-25(37-26(44)4-2)16-23(22)31(32,33)34/h3,8,15-17,20H,4-7,9-14,18-19H2,1-2H3,(H,36,45)(H,35,37,44)/b8-3-. The average Bonchev–Trinajstić information content (AvgIpc) is 3.46. The molecule has 2 saturated heterocycles. The van der Waals surface area contributed by atoms with Gasteiger partial charge in [-0.2, -0.15) is 13.2 Å². The first-order valence-corrected chi connectivity index (χ1v) is 15.5. The van der Waals surface area contributed by atoms with Crippen molar-refractivity contribution >= 4 is 34.9 Å². The largest absolute Gasteiger partial charge is 0.417 e. The Morgan fingerprint density at radius 2 is 1.76 bits per heavy atom. The number of amides is 3. The SMILES string of the molecule is C/C=C\C(=O)NCC(=O)N1CCN(Cc2cc3c(N4CCCCC4)nc(-c4cnc(NC(=O)CC)cc4C(F)(F)F)nn3c2)CC1. The van der Waals surface area contributed by atoms with Gasteiger partial charge >= 0.3 is 6.18 Å². The van der Waals surface area contributed by atoms with Gasteiger partial charge in [-0.05, 0) is 50.0 Å². The van der Waals surface area contributed by atoms with E-state index in [0.717, 1.165) is 50.2 Å². The molecular formula is C31H38F3N9O3. The van der Waals surface area contributed by atoms with Gasteiger partial charge in [0.05, 0.1) is 17.7 Å². The summed E-state index contributed by atoms with van der Waals surface area (Å²) >= 11 is 0. The molecule has 0 saturated carbocycles. The van der Waals surface area contributed by atoms with Crippen molar-refractivity contribution in [2.24, 2.45) is 0 Å². The summed E-state index contributed by atoms with van der Waals surface area (Å²) in [5.74, 6) is -0.646. The number of hydrogen-bond acceptors (Lipinski definition) is 8. The second-order valence-electron chi connectivity index (χ2n) is 11.4. The number of rotatable bonds is 9. The quantitative estimate of drug-likeness (QED) is 0.340. The molecular weight excluding hydrogens is 603 g/mol. The Balaban J connectivity index is 1.39. The molecule has 46 heavy (non-hydrogen) atoms. The van der Waals surface area contributed by atoms with Gasteiger partial charge in [0.2, 0.25) is 17.7 Å². The minimum Gasteiger partial charge on any atom is -0.355 e. The van der Waals surface area contributed by atoms with Crippen LogP contribution in [0.3, 0.4) is 0 Å². The number of carbonyl (C=O) groups is 3. The number of carbonyl (C=O) groups excluding carboxylic acids is 3. The highest BCUT2D eigenvalue weighted by atomic mass is 19.4. The van der Waals surface area contributed by atoms with Gasteiger partial charge in [-0.3, -0.25) is 19.3 Å². The maximum atomic E-state index is 14.3. The van der Waals surface area contributed by atoms with E-state index < -0.39 is 17.6 Å². The summed E-state index contributed by atoms with van der Waals surface area (Å²) in [6, 6.07) is 2.78. The lowest BCUT2D eigenvalue weighted by Crippen LogP contribution is -2.50. The van der Waals surface area contributed by atoms with Gasteiger partial charge in [0.15, 0.2) is 11.6 Å². The molecule has 15 heteroatoms. The van der Waals surface area contributed by atoms with Crippen LogP contribution < -0.4 is 15.5 Å². The monoisotopic (exact) mass is 641 g/mol. The molecule has 246 valence electrons. The molecule has 2 aliphatic rings. The molecule has 0 aromatic carbocycles. The number of pyridine rings is 1. The van der Waals surface area contributed by atoms with E-state index in [0.29, 0.717) is 44.1 Å². The number of hydrogen-bond donors (Lipinski definition) is 2. The van der Waals surface area contributed by atoms with E-state index in [1.54, 1.807) is 35.5 Å². The Morgan fingerprint density at radius 1 is 1.02 bits per heavy atom. The summed E-state index contributed by atoms with van der Waals surface area (Å²) in [5.41, 5.74) is 0.341. The van der Waals surface area contributed by atoms with Crippen molar-refractivity contribution in [1.29, 1.82) is 0 Å². The van der Waals surface area contributed by atoms with E-state index in [-0.39, 0.29) is 42.0 Å². The zero-order valence-electron chi connectivity index (χ0n) is 25.9. The van der Waals surface area contributed by atoms with Crippen LogP contribution in [0.5, 0.6) is 0 Å². The van der Waals surface area contributed by atoms with E-state index in [4.69, 9.17) is 0 Å². The maximum Gasteiger partial charge on any atom is 0.417 e. The molecule has 0 bridgehead atoms. The van der Waals surface area contributed by atoms with Crippen molar-refractivity contribution in [1.82, 2.24) is 34.7 Å². The van der Waals surface area contributed by atoms with Crippen LogP contribution in [-0.2, 0) is 27.1 Å². The van der Waals surface area contributed by atoms with Crippen molar-refractivity contribution in [2.75, 3.05) is 56.0 Å². The Labute approximate surface area is 264 Å². The third-order valence-corrected chi connectivity index (χ3v) is 8.06. The number of anilines is 2. The molecule has 2 N–H and O–H groups in total. The fourth-order valence-corrected chi connectivity index (χ4v) is 5.64. The van der Waals surface area contributed by atoms with Crippen LogP contribution in [0.4, 0.5) is 24.8 Å². The normalized spacial score (nSPS) is 16.3. The van der Waals surface area contributed by atoms with Gasteiger partial charge in [0.25, 0.3) is 0 Å². The van der Waals surface area contributed by atoms with Gasteiger partial charge in [0.1, 0.15) is 11.3 Å². The topological polar surface area (TPSA) is 128 Å². The van der Waals surface area contributed by atoms with Crippen molar-refractivity contribution in [3.05, 3.63) is 47.8 Å². The molecule has 0 aliphatic carbocycles. The van der Waals surface area contributed by atoms with Gasteiger partial charge in [0, 0.05) is 64.6 Å². The zero-order chi connectivity index (χ0) is 32.8. The number of alkyl halides is 3. The smallest absolute Gasteiger partial charge is 0.355 e. The van der Waals surface area contributed by atoms with Crippen LogP contribution in [0.2, 0.25) is 0 Å². The van der Waals surface area contributed by atoms with Gasteiger partial charge in [-0.1, -0.05) is 13.0 Å². The van der Waals surface area contributed by atoms with E-state index in [1.165, 1.54) is 6.08 Å². The van der Waals surface area contributed by atoms with Crippen molar-refractivity contribution in [2.45, 2.75) is 52.3 Å². The molecule has 0 radical (unpaired) electrons. The summed E-state index contributed by atoms with van der Waals surface area (Å²) in [4.78, 5) is 50.8. The lowest BCUT2D eigenvalue weighted by atomic mass is 10.1. The minimum atomic E-state index is -4.74. The van der Waals surface area contributed by atoms with Crippen molar-refractivity contribution in [3.8, 4) is 11.4 Å². The zero-order valence-corrected chi connectivity index (χ0v) is 25.9. The number of piperazine rings is 1. The van der Waals surface area contributed by atoms with Crippen LogP contribution in [0, 0.1) is 0 Å². The molecule has 3 aromatic rings.